The van der Waals surface area contributed by atoms with Crippen molar-refractivity contribution in [2.75, 3.05) is 11.9 Å². The zero-order chi connectivity index (χ0) is 24.5. The summed E-state index contributed by atoms with van der Waals surface area (Å²) in [6.07, 6.45) is 0. The van der Waals surface area contributed by atoms with E-state index < -0.39 is 29.4 Å². The van der Waals surface area contributed by atoms with E-state index in [1.807, 2.05) is 32.9 Å². The van der Waals surface area contributed by atoms with Gasteiger partial charge in [0.05, 0.1) is 27.9 Å². The van der Waals surface area contributed by atoms with Gasteiger partial charge in [0.1, 0.15) is 0 Å². The van der Waals surface area contributed by atoms with Crippen molar-refractivity contribution in [1.82, 2.24) is 4.90 Å². The Kier molecular flexibility index (Phi) is 4.61. The van der Waals surface area contributed by atoms with Crippen LogP contribution in [0.4, 0.5) is 5.69 Å². The molecule has 0 aromatic heterocycles. The minimum absolute atomic E-state index is 0.153. The van der Waals surface area contributed by atoms with Crippen LogP contribution in [-0.2, 0) is 0 Å². The number of anilines is 1. The Morgan fingerprint density at radius 3 is 1.68 bits per heavy atom. The van der Waals surface area contributed by atoms with Crippen LogP contribution in [-0.4, -0.2) is 41.4 Å². The highest BCUT2D eigenvalue weighted by molar-refractivity contribution is 6.35. The second kappa shape index (κ2) is 7.31. The quantitative estimate of drug-likeness (QED) is 0.444. The van der Waals surface area contributed by atoms with Crippen molar-refractivity contribution in [1.29, 1.82) is 0 Å². The summed E-state index contributed by atoms with van der Waals surface area (Å²) in [6, 6.07) is 12.5. The lowest BCUT2D eigenvalue weighted by Crippen LogP contribution is -2.30. The molecule has 3 aromatic carbocycles. The molecule has 0 bridgehead atoms. The molecule has 0 saturated heterocycles. The fraction of sp³-hybridized carbons (Fsp3) is 0.148. The Morgan fingerprint density at radius 2 is 1.06 bits per heavy atom. The number of benzene rings is 3. The fourth-order valence-corrected chi connectivity index (χ4v) is 4.46. The third-order valence-electron chi connectivity index (χ3n) is 6.55. The lowest BCUT2D eigenvalue weighted by Gasteiger charge is -2.18. The smallest absolute Gasteiger partial charge is 0.266 e. The summed E-state index contributed by atoms with van der Waals surface area (Å²) in [7, 11) is 1.39. The predicted molar refractivity (Wildman–Crippen MR) is 125 cm³/mol. The molecule has 2 aliphatic heterocycles. The number of imide groups is 2. The molecule has 0 spiro atoms. The molecule has 2 heterocycles. The molecule has 0 atom stereocenters. The van der Waals surface area contributed by atoms with Gasteiger partial charge in [-0.05, 0) is 67.8 Å². The van der Waals surface area contributed by atoms with E-state index in [2.05, 4.69) is 0 Å². The van der Waals surface area contributed by atoms with Gasteiger partial charge in [0.15, 0.2) is 5.78 Å². The van der Waals surface area contributed by atoms with Crippen LogP contribution in [0, 0.1) is 20.8 Å². The zero-order valence-corrected chi connectivity index (χ0v) is 19.1. The summed E-state index contributed by atoms with van der Waals surface area (Å²) in [5, 5.41) is 0. The van der Waals surface area contributed by atoms with E-state index in [1.54, 1.807) is 0 Å². The van der Waals surface area contributed by atoms with Gasteiger partial charge in [-0.2, -0.15) is 0 Å². The molecule has 2 aliphatic rings. The van der Waals surface area contributed by atoms with Gasteiger partial charge in [-0.25, -0.2) is 4.90 Å². The van der Waals surface area contributed by atoms with Crippen LogP contribution in [0.2, 0.25) is 0 Å². The molecule has 0 N–H and O–H groups in total. The van der Waals surface area contributed by atoms with Crippen LogP contribution in [0.3, 0.4) is 0 Å². The van der Waals surface area contributed by atoms with Gasteiger partial charge in [-0.3, -0.25) is 28.9 Å². The number of rotatable bonds is 3. The van der Waals surface area contributed by atoms with E-state index in [-0.39, 0.29) is 33.4 Å². The normalized spacial score (nSPS) is 14.7. The fourth-order valence-electron chi connectivity index (χ4n) is 4.46. The van der Waals surface area contributed by atoms with E-state index in [9.17, 15) is 24.0 Å². The van der Waals surface area contributed by atoms with E-state index in [0.29, 0.717) is 5.69 Å². The number of ketones is 1. The largest absolute Gasteiger partial charge is 0.289 e. The van der Waals surface area contributed by atoms with Crippen molar-refractivity contribution < 1.29 is 24.0 Å². The van der Waals surface area contributed by atoms with Gasteiger partial charge in [0.2, 0.25) is 0 Å². The number of amides is 4. The first-order valence-corrected chi connectivity index (χ1v) is 10.7. The topological polar surface area (TPSA) is 91.8 Å². The average Bonchev–Trinajstić information content (AvgIpc) is 3.20. The van der Waals surface area contributed by atoms with Gasteiger partial charge in [0, 0.05) is 18.2 Å². The molecule has 0 saturated carbocycles. The van der Waals surface area contributed by atoms with Crippen LogP contribution in [0.15, 0.2) is 48.5 Å². The average molecular weight is 452 g/mol. The maximum absolute atomic E-state index is 13.2. The van der Waals surface area contributed by atoms with Crippen molar-refractivity contribution in [3.63, 3.8) is 0 Å². The first kappa shape index (κ1) is 21.5. The summed E-state index contributed by atoms with van der Waals surface area (Å²) in [5.74, 6) is -2.22. The molecule has 0 unspecified atom stereocenters. The standard InChI is InChI=1S/C27H20N2O5/c1-13-9-15(3)22(10-14(13)2)29-26(33)19-8-6-17(12-21(19)27(29)34)23(30)16-5-7-18-20(11-16)25(32)28(4)24(18)31/h5-12H,1-4H3. The van der Waals surface area contributed by atoms with Crippen LogP contribution in [0.5, 0.6) is 0 Å². The summed E-state index contributed by atoms with van der Waals surface area (Å²) in [4.78, 5) is 66.1. The van der Waals surface area contributed by atoms with Gasteiger partial charge in [-0.15, -0.1) is 0 Å². The predicted octanol–water partition coefficient (Wildman–Crippen LogP) is 3.87. The van der Waals surface area contributed by atoms with Crippen molar-refractivity contribution in [3.8, 4) is 0 Å². The second-order valence-electron chi connectivity index (χ2n) is 8.69. The Hall–Kier alpha value is -4.39. The SMILES string of the molecule is Cc1cc(C)c(N2C(=O)c3ccc(C(=O)c4ccc5c(c4)C(=O)N(C)C5=O)cc3C2=O)cc1C. The maximum Gasteiger partial charge on any atom is 0.266 e. The molecular formula is C27H20N2O5. The van der Waals surface area contributed by atoms with Crippen LogP contribution in [0.1, 0.15) is 74.0 Å². The highest BCUT2D eigenvalue weighted by Crippen LogP contribution is 2.33. The van der Waals surface area contributed by atoms with Gasteiger partial charge in [-0.1, -0.05) is 18.2 Å². The van der Waals surface area contributed by atoms with Crippen LogP contribution < -0.4 is 4.90 Å². The molecule has 34 heavy (non-hydrogen) atoms. The third-order valence-corrected chi connectivity index (χ3v) is 6.55. The number of nitrogens with zero attached hydrogens (tertiary/aromatic N) is 2. The monoisotopic (exact) mass is 452 g/mol. The minimum Gasteiger partial charge on any atom is -0.289 e. The van der Waals surface area contributed by atoms with Gasteiger partial charge in [0.25, 0.3) is 23.6 Å². The van der Waals surface area contributed by atoms with E-state index >= 15 is 0 Å². The number of fused-ring (bicyclic) bond motifs is 2. The molecule has 7 heteroatoms. The maximum atomic E-state index is 13.2. The minimum atomic E-state index is -0.489. The number of carbonyl (C=O) groups excluding carboxylic acids is 5. The first-order valence-electron chi connectivity index (χ1n) is 10.7. The van der Waals surface area contributed by atoms with E-state index in [0.717, 1.165) is 26.5 Å². The van der Waals surface area contributed by atoms with E-state index in [4.69, 9.17) is 0 Å². The second-order valence-corrected chi connectivity index (χ2v) is 8.69. The highest BCUT2D eigenvalue weighted by Gasteiger charge is 2.38. The first-order chi connectivity index (χ1) is 16.1. The molecule has 0 fully saturated rings. The molecule has 168 valence electrons. The lowest BCUT2D eigenvalue weighted by atomic mass is 9.96. The highest BCUT2D eigenvalue weighted by atomic mass is 16.2. The number of aryl methyl sites for hydroxylation is 3. The number of carbonyl (C=O) groups is 5. The van der Waals surface area contributed by atoms with Gasteiger partial charge >= 0.3 is 0 Å². The molecule has 4 amide bonds. The molecule has 0 aliphatic carbocycles. The number of hydrogen-bond donors (Lipinski definition) is 0. The summed E-state index contributed by atoms with van der Waals surface area (Å²) < 4.78 is 0. The summed E-state index contributed by atoms with van der Waals surface area (Å²) in [6.45, 7) is 5.73. The Balaban J connectivity index is 1.52. The van der Waals surface area contributed by atoms with Gasteiger partial charge < -0.3 is 0 Å². The Labute approximate surface area is 195 Å². The zero-order valence-electron chi connectivity index (χ0n) is 19.1. The third kappa shape index (κ3) is 2.94. The Bertz CT molecular complexity index is 1500. The lowest BCUT2D eigenvalue weighted by molar-refractivity contribution is 0.0692. The van der Waals surface area contributed by atoms with Crippen LogP contribution >= 0.6 is 0 Å². The summed E-state index contributed by atoms with van der Waals surface area (Å²) >= 11 is 0. The van der Waals surface area contributed by atoms with E-state index in [1.165, 1.54) is 43.4 Å². The van der Waals surface area contributed by atoms with Crippen molar-refractivity contribution in [2.24, 2.45) is 0 Å². The van der Waals surface area contributed by atoms with Crippen LogP contribution in [0.25, 0.3) is 0 Å². The molecule has 5 rings (SSSR count). The molecule has 3 aromatic rings. The molecular weight excluding hydrogens is 432 g/mol. The van der Waals surface area contributed by atoms with Crippen molar-refractivity contribution in [3.05, 3.63) is 98.6 Å². The molecule has 0 radical (unpaired) electrons. The molecule has 7 nitrogen and oxygen atoms in total. The summed E-state index contributed by atoms with van der Waals surface area (Å²) in [5.41, 5.74) is 4.58. The van der Waals surface area contributed by atoms with Crippen molar-refractivity contribution >= 4 is 35.1 Å². The Morgan fingerprint density at radius 1 is 0.588 bits per heavy atom. The number of hydrogen-bond acceptors (Lipinski definition) is 5. The van der Waals surface area contributed by atoms with Crippen molar-refractivity contribution in [2.45, 2.75) is 20.8 Å².